The smallest absolute Gasteiger partial charge is 0.286 e. The predicted octanol–water partition coefficient (Wildman–Crippen LogP) is 5.55. The van der Waals surface area contributed by atoms with E-state index in [4.69, 9.17) is 10.00 Å². The van der Waals surface area contributed by atoms with Crippen molar-refractivity contribution < 1.29 is 4.74 Å². The summed E-state index contributed by atoms with van der Waals surface area (Å²) < 4.78 is 5.28. The Labute approximate surface area is 129 Å². The van der Waals surface area contributed by atoms with Crippen LogP contribution in [0.3, 0.4) is 0 Å². The Bertz CT molecular complexity index is 423. The van der Waals surface area contributed by atoms with Crippen molar-refractivity contribution >= 4 is 0 Å². The molecule has 2 rings (SSSR count). The van der Waals surface area contributed by atoms with Crippen LogP contribution in [0, 0.1) is 11.5 Å². The van der Waals surface area contributed by atoms with Crippen LogP contribution in [0.15, 0.2) is 30.3 Å². The second-order valence-corrected chi connectivity index (χ2v) is 6.21. The summed E-state index contributed by atoms with van der Waals surface area (Å²) in [5, 5.41) is 8.82. The zero-order valence-corrected chi connectivity index (χ0v) is 13.0. The lowest BCUT2D eigenvalue weighted by atomic mass is 9.87. The molecule has 2 unspecified atom stereocenters. The summed E-state index contributed by atoms with van der Waals surface area (Å²) in [6.45, 7) is 0. The van der Waals surface area contributed by atoms with Crippen LogP contribution < -0.4 is 0 Å². The molecule has 0 N–H and O–H groups in total. The molecule has 0 radical (unpaired) electrons. The normalized spacial score (nSPS) is 25.1. The highest BCUT2D eigenvalue weighted by atomic mass is 16.5. The largest absolute Gasteiger partial charge is 0.424 e. The Morgan fingerprint density at radius 3 is 2.19 bits per heavy atom. The number of hydrogen-bond acceptors (Lipinski definition) is 2. The molecule has 1 aliphatic rings. The van der Waals surface area contributed by atoms with Crippen molar-refractivity contribution in [2.75, 3.05) is 0 Å². The number of hydrogen-bond donors (Lipinski definition) is 0. The van der Waals surface area contributed by atoms with Crippen molar-refractivity contribution in [3.8, 4) is 6.26 Å². The van der Waals surface area contributed by atoms with Gasteiger partial charge in [0.25, 0.3) is 6.26 Å². The van der Waals surface area contributed by atoms with Crippen LogP contribution in [0.4, 0.5) is 0 Å². The molecule has 0 amide bonds. The van der Waals surface area contributed by atoms with Gasteiger partial charge in [-0.05, 0) is 43.6 Å². The van der Waals surface area contributed by atoms with E-state index in [2.05, 4.69) is 30.3 Å². The summed E-state index contributed by atoms with van der Waals surface area (Å²) in [6.07, 6.45) is 14.3. The van der Waals surface area contributed by atoms with E-state index in [1.807, 2.05) is 6.26 Å². The summed E-state index contributed by atoms with van der Waals surface area (Å²) in [5.41, 5.74) is 1.45. The minimum absolute atomic E-state index is 0.126. The summed E-state index contributed by atoms with van der Waals surface area (Å²) in [4.78, 5) is 0. The third-order valence-corrected chi connectivity index (χ3v) is 4.66. The Balaban J connectivity index is 1.98. The third kappa shape index (κ3) is 5.79. The molecule has 0 bridgehead atoms. The Morgan fingerprint density at radius 1 is 0.810 bits per heavy atom. The van der Waals surface area contributed by atoms with E-state index in [0.29, 0.717) is 5.92 Å². The van der Waals surface area contributed by atoms with Gasteiger partial charge in [0.2, 0.25) is 0 Å². The van der Waals surface area contributed by atoms with Gasteiger partial charge in [-0.2, -0.15) is 5.26 Å². The Morgan fingerprint density at radius 2 is 1.48 bits per heavy atom. The van der Waals surface area contributed by atoms with Gasteiger partial charge in [0.1, 0.15) is 6.10 Å². The van der Waals surface area contributed by atoms with E-state index < -0.39 is 0 Å². The molecular formula is C19H27NO. The topological polar surface area (TPSA) is 33.0 Å². The summed E-state index contributed by atoms with van der Waals surface area (Å²) in [7, 11) is 0. The zero-order chi connectivity index (χ0) is 14.8. The average molecular weight is 285 g/mol. The first kappa shape index (κ1) is 15.9. The van der Waals surface area contributed by atoms with E-state index >= 15 is 0 Å². The number of nitriles is 1. The van der Waals surface area contributed by atoms with Crippen molar-refractivity contribution in [1.29, 1.82) is 5.26 Å². The monoisotopic (exact) mass is 285 g/mol. The lowest BCUT2D eigenvalue weighted by Gasteiger charge is -2.21. The number of benzene rings is 1. The van der Waals surface area contributed by atoms with E-state index in [0.717, 1.165) is 19.3 Å². The predicted molar refractivity (Wildman–Crippen MR) is 85.8 cm³/mol. The highest BCUT2D eigenvalue weighted by Gasteiger charge is 2.17. The summed E-state index contributed by atoms with van der Waals surface area (Å²) >= 11 is 0. The maximum atomic E-state index is 8.82. The molecule has 1 aliphatic carbocycles. The third-order valence-electron chi connectivity index (χ3n) is 4.66. The fourth-order valence-corrected chi connectivity index (χ4v) is 3.40. The number of nitrogens with zero attached hydrogens (tertiary/aromatic N) is 1. The fraction of sp³-hybridized carbons (Fsp3) is 0.632. The van der Waals surface area contributed by atoms with Crippen LogP contribution in [0.2, 0.25) is 0 Å². The van der Waals surface area contributed by atoms with Gasteiger partial charge < -0.3 is 4.74 Å². The van der Waals surface area contributed by atoms with Crippen molar-refractivity contribution in [3.05, 3.63) is 35.9 Å². The van der Waals surface area contributed by atoms with Crippen molar-refractivity contribution in [2.45, 2.75) is 76.2 Å². The quantitative estimate of drug-likeness (QED) is 0.667. The van der Waals surface area contributed by atoms with Crippen LogP contribution in [0.25, 0.3) is 0 Å². The minimum Gasteiger partial charge on any atom is -0.424 e. The molecule has 2 atom stereocenters. The van der Waals surface area contributed by atoms with Crippen molar-refractivity contribution in [2.24, 2.45) is 0 Å². The molecule has 0 spiro atoms. The van der Waals surface area contributed by atoms with Gasteiger partial charge in [-0.1, -0.05) is 62.4 Å². The van der Waals surface area contributed by atoms with Gasteiger partial charge in [-0.25, -0.2) is 0 Å². The second-order valence-electron chi connectivity index (χ2n) is 6.21. The number of ether oxygens (including phenoxy) is 1. The van der Waals surface area contributed by atoms with E-state index in [9.17, 15) is 0 Å². The van der Waals surface area contributed by atoms with E-state index in [-0.39, 0.29) is 6.10 Å². The molecule has 1 aromatic carbocycles. The molecule has 2 nitrogen and oxygen atoms in total. The SMILES string of the molecule is N#COC1CCCCCCCCC(c2ccccc2)CC1. The zero-order valence-electron chi connectivity index (χ0n) is 13.0. The van der Waals surface area contributed by atoms with E-state index in [1.165, 1.54) is 50.5 Å². The standard InChI is InChI=1S/C19H27NO/c20-16-21-19-13-9-4-2-1-3-6-12-18(14-15-19)17-10-7-5-8-11-17/h5,7-8,10-11,18-19H,1-4,6,9,12-15H2. The van der Waals surface area contributed by atoms with E-state index in [1.54, 1.807) is 0 Å². The maximum absolute atomic E-state index is 8.82. The Hall–Kier alpha value is -1.49. The first-order valence-electron chi connectivity index (χ1n) is 8.50. The van der Waals surface area contributed by atoms with Gasteiger partial charge in [0.05, 0.1) is 0 Å². The van der Waals surface area contributed by atoms with Gasteiger partial charge in [0.15, 0.2) is 0 Å². The van der Waals surface area contributed by atoms with Gasteiger partial charge in [-0.3, -0.25) is 0 Å². The summed E-state index contributed by atoms with van der Waals surface area (Å²) in [5.74, 6) is 0.621. The first-order chi connectivity index (χ1) is 10.4. The average Bonchev–Trinajstić information content (AvgIpc) is 2.51. The molecule has 1 fully saturated rings. The molecule has 114 valence electrons. The molecule has 0 heterocycles. The molecule has 1 saturated carbocycles. The number of rotatable bonds is 2. The van der Waals surface area contributed by atoms with Crippen LogP contribution in [-0.2, 0) is 4.74 Å². The lowest BCUT2D eigenvalue weighted by molar-refractivity contribution is 0.133. The summed E-state index contributed by atoms with van der Waals surface area (Å²) in [6, 6.07) is 10.8. The van der Waals surface area contributed by atoms with Crippen molar-refractivity contribution in [1.82, 2.24) is 0 Å². The molecular weight excluding hydrogens is 258 g/mol. The molecule has 0 aliphatic heterocycles. The maximum Gasteiger partial charge on any atom is 0.286 e. The highest BCUT2D eigenvalue weighted by molar-refractivity contribution is 5.19. The molecule has 0 saturated heterocycles. The fourth-order valence-electron chi connectivity index (χ4n) is 3.40. The molecule has 1 aromatic rings. The second kappa shape index (κ2) is 9.45. The van der Waals surface area contributed by atoms with Crippen LogP contribution in [0.5, 0.6) is 0 Å². The molecule has 21 heavy (non-hydrogen) atoms. The van der Waals surface area contributed by atoms with Crippen LogP contribution in [-0.4, -0.2) is 6.10 Å². The molecule has 2 heteroatoms. The van der Waals surface area contributed by atoms with Gasteiger partial charge >= 0.3 is 0 Å². The van der Waals surface area contributed by atoms with Crippen molar-refractivity contribution in [3.63, 3.8) is 0 Å². The highest BCUT2D eigenvalue weighted by Crippen LogP contribution is 2.30. The first-order valence-corrected chi connectivity index (χ1v) is 8.50. The van der Waals surface area contributed by atoms with Crippen LogP contribution >= 0.6 is 0 Å². The van der Waals surface area contributed by atoms with Gasteiger partial charge in [0, 0.05) is 0 Å². The lowest BCUT2D eigenvalue weighted by Crippen LogP contribution is -2.13. The molecule has 0 aromatic heterocycles. The Kier molecular flexibility index (Phi) is 7.15. The van der Waals surface area contributed by atoms with Crippen LogP contribution in [0.1, 0.15) is 75.7 Å². The van der Waals surface area contributed by atoms with Gasteiger partial charge in [-0.15, -0.1) is 0 Å². The minimum atomic E-state index is 0.126.